The van der Waals surface area contributed by atoms with E-state index >= 15 is 0 Å². The quantitative estimate of drug-likeness (QED) is 0.635. The first-order valence-electron chi connectivity index (χ1n) is 6.42. The maximum atomic E-state index is 11.0. The van der Waals surface area contributed by atoms with Crippen molar-refractivity contribution in [2.75, 3.05) is 5.32 Å². The molecule has 0 unspecified atom stereocenters. The summed E-state index contributed by atoms with van der Waals surface area (Å²) >= 11 is 3.25. The van der Waals surface area contributed by atoms with Gasteiger partial charge in [0.25, 0.3) is 5.69 Å². The van der Waals surface area contributed by atoms with Crippen LogP contribution in [0.1, 0.15) is 18.9 Å². The fourth-order valence-corrected chi connectivity index (χ4v) is 2.34. The molecule has 6 heteroatoms. The number of anilines is 1. The number of nitrogens with zero attached hydrogens (tertiary/aromatic N) is 2. The normalized spacial score (nSPS) is 10.5. The lowest BCUT2D eigenvalue weighted by molar-refractivity contribution is -0.384. The molecule has 0 radical (unpaired) electrons. The van der Waals surface area contributed by atoms with Crippen LogP contribution in [0.15, 0.2) is 41.1 Å². The fourth-order valence-electron chi connectivity index (χ4n) is 2.00. The molecule has 0 saturated heterocycles. The third kappa shape index (κ3) is 3.60. The van der Waals surface area contributed by atoms with E-state index in [4.69, 9.17) is 0 Å². The molecule has 1 N–H and O–H groups in total. The zero-order valence-electron chi connectivity index (χ0n) is 11.2. The number of nitro groups is 1. The van der Waals surface area contributed by atoms with Gasteiger partial charge in [0.2, 0.25) is 0 Å². The van der Waals surface area contributed by atoms with Crippen molar-refractivity contribution in [2.45, 2.75) is 26.4 Å². The summed E-state index contributed by atoms with van der Waals surface area (Å²) in [5.74, 6) is 0. The minimum absolute atomic E-state index is 0.0763. The second-order valence-electron chi connectivity index (χ2n) is 4.53. The van der Waals surface area contributed by atoms with Crippen LogP contribution < -0.4 is 5.32 Å². The summed E-state index contributed by atoms with van der Waals surface area (Å²) < 4.78 is 2.82. The summed E-state index contributed by atoms with van der Waals surface area (Å²) in [6.07, 6.45) is 5.16. The first kappa shape index (κ1) is 14.6. The number of nitro benzene ring substituents is 1. The monoisotopic (exact) mass is 337 g/mol. The van der Waals surface area contributed by atoms with Crippen LogP contribution in [0.2, 0.25) is 0 Å². The molecule has 0 aliphatic carbocycles. The van der Waals surface area contributed by atoms with Crippen LogP contribution in [0.4, 0.5) is 11.4 Å². The van der Waals surface area contributed by atoms with Crippen molar-refractivity contribution in [1.82, 2.24) is 4.57 Å². The molecule has 106 valence electrons. The maximum absolute atomic E-state index is 11.0. The third-order valence-corrected chi connectivity index (χ3v) is 3.43. The minimum atomic E-state index is -0.380. The number of aromatic nitrogens is 1. The van der Waals surface area contributed by atoms with E-state index in [0.29, 0.717) is 16.7 Å². The van der Waals surface area contributed by atoms with Crippen LogP contribution in [-0.2, 0) is 13.1 Å². The molecule has 0 amide bonds. The number of rotatable bonds is 6. The molecule has 0 aliphatic rings. The average molecular weight is 338 g/mol. The van der Waals surface area contributed by atoms with Gasteiger partial charge >= 0.3 is 0 Å². The Morgan fingerprint density at radius 1 is 1.40 bits per heavy atom. The van der Waals surface area contributed by atoms with Gasteiger partial charge < -0.3 is 9.88 Å². The standard InChI is InChI=1S/C14H16BrN3O2/c1-2-6-17-7-5-11(10-17)9-16-13-4-3-12(15)8-14(13)18(19)20/h3-5,7-8,10,16H,2,6,9H2,1H3. The highest BCUT2D eigenvalue weighted by molar-refractivity contribution is 9.10. The number of nitrogens with one attached hydrogen (secondary N) is 1. The lowest BCUT2D eigenvalue weighted by Crippen LogP contribution is -2.02. The van der Waals surface area contributed by atoms with Gasteiger partial charge in [0.15, 0.2) is 0 Å². The van der Waals surface area contributed by atoms with Gasteiger partial charge in [-0.2, -0.15) is 0 Å². The van der Waals surface area contributed by atoms with Gasteiger partial charge in [0.1, 0.15) is 5.69 Å². The summed E-state index contributed by atoms with van der Waals surface area (Å²) in [5.41, 5.74) is 1.71. The SMILES string of the molecule is CCCn1ccc(CNc2ccc(Br)cc2[N+](=O)[O-])c1. The number of halogens is 1. The van der Waals surface area contributed by atoms with Gasteiger partial charge in [0, 0.05) is 36.0 Å². The lowest BCUT2D eigenvalue weighted by atomic mass is 10.2. The van der Waals surface area contributed by atoms with Gasteiger partial charge in [-0.3, -0.25) is 10.1 Å². The molecule has 0 spiro atoms. The number of hydrogen-bond donors (Lipinski definition) is 1. The number of aryl methyl sites for hydroxylation is 1. The summed E-state index contributed by atoms with van der Waals surface area (Å²) in [5, 5.41) is 14.1. The molecule has 0 saturated carbocycles. The van der Waals surface area contributed by atoms with Crippen molar-refractivity contribution in [1.29, 1.82) is 0 Å². The Balaban J connectivity index is 2.08. The summed E-state index contributed by atoms with van der Waals surface area (Å²) in [4.78, 5) is 10.6. The highest BCUT2D eigenvalue weighted by atomic mass is 79.9. The topological polar surface area (TPSA) is 60.1 Å². The lowest BCUT2D eigenvalue weighted by Gasteiger charge is -2.06. The van der Waals surface area contributed by atoms with Crippen LogP contribution in [-0.4, -0.2) is 9.49 Å². The maximum Gasteiger partial charge on any atom is 0.293 e. The summed E-state index contributed by atoms with van der Waals surface area (Å²) in [6.45, 7) is 3.68. The Hall–Kier alpha value is -1.82. The van der Waals surface area contributed by atoms with Crippen LogP contribution in [0.5, 0.6) is 0 Å². The smallest absolute Gasteiger partial charge is 0.293 e. The Kier molecular flexibility index (Phi) is 4.79. The van der Waals surface area contributed by atoms with E-state index in [-0.39, 0.29) is 10.6 Å². The molecule has 2 aromatic rings. The van der Waals surface area contributed by atoms with Crippen molar-refractivity contribution in [2.24, 2.45) is 0 Å². The molecule has 0 aliphatic heterocycles. The number of benzene rings is 1. The Morgan fingerprint density at radius 2 is 2.20 bits per heavy atom. The summed E-state index contributed by atoms with van der Waals surface area (Å²) in [6, 6.07) is 7.03. The molecule has 2 rings (SSSR count). The molecular formula is C14H16BrN3O2. The fraction of sp³-hybridized carbons (Fsp3) is 0.286. The van der Waals surface area contributed by atoms with E-state index in [2.05, 4.69) is 38.9 Å². The van der Waals surface area contributed by atoms with Crippen LogP contribution in [0, 0.1) is 10.1 Å². The van der Waals surface area contributed by atoms with E-state index in [1.165, 1.54) is 6.07 Å². The molecule has 1 aromatic carbocycles. The van der Waals surface area contributed by atoms with E-state index < -0.39 is 0 Å². The Morgan fingerprint density at radius 3 is 2.90 bits per heavy atom. The zero-order valence-corrected chi connectivity index (χ0v) is 12.8. The molecule has 0 atom stereocenters. The molecule has 1 heterocycles. The summed E-state index contributed by atoms with van der Waals surface area (Å²) in [7, 11) is 0. The first-order valence-corrected chi connectivity index (χ1v) is 7.22. The van der Waals surface area contributed by atoms with E-state index in [0.717, 1.165) is 18.5 Å². The van der Waals surface area contributed by atoms with Gasteiger partial charge in [-0.05, 0) is 30.2 Å². The van der Waals surface area contributed by atoms with Crippen molar-refractivity contribution in [3.8, 4) is 0 Å². The Labute approximate surface area is 125 Å². The Bertz CT molecular complexity index is 610. The van der Waals surface area contributed by atoms with Crippen molar-refractivity contribution >= 4 is 27.3 Å². The van der Waals surface area contributed by atoms with Crippen molar-refractivity contribution < 1.29 is 4.92 Å². The van der Waals surface area contributed by atoms with Crippen LogP contribution in [0.3, 0.4) is 0 Å². The molecule has 0 bridgehead atoms. The molecule has 5 nitrogen and oxygen atoms in total. The van der Waals surface area contributed by atoms with Crippen LogP contribution >= 0.6 is 15.9 Å². The van der Waals surface area contributed by atoms with E-state index in [9.17, 15) is 10.1 Å². The van der Waals surface area contributed by atoms with E-state index in [1.807, 2.05) is 12.3 Å². The third-order valence-electron chi connectivity index (χ3n) is 2.93. The van der Waals surface area contributed by atoms with Gasteiger partial charge in [-0.1, -0.05) is 22.9 Å². The highest BCUT2D eigenvalue weighted by Gasteiger charge is 2.13. The van der Waals surface area contributed by atoms with Crippen LogP contribution in [0.25, 0.3) is 0 Å². The molecule has 20 heavy (non-hydrogen) atoms. The highest BCUT2D eigenvalue weighted by Crippen LogP contribution is 2.28. The predicted molar refractivity (Wildman–Crippen MR) is 82.8 cm³/mol. The zero-order chi connectivity index (χ0) is 14.5. The van der Waals surface area contributed by atoms with Gasteiger partial charge in [-0.15, -0.1) is 0 Å². The van der Waals surface area contributed by atoms with Gasteiger partial charge in [0.05, 0.1) is 4.92 Å². The molecular weight excluding hydrogens is 322 g/mol. The molecule has 1 aromatic heterocycles. The van der Waals surface area contributed by atoms with Gasteiger partial charge in [-0.25, -0.2) is 0 Å². The van der Waals surface area contributed by atoms with Crippen molar-refractivity contribution in [3.63, 3.8) is 0 Å². The predicted octanol–water partition coefficient (Wildman–Crippen LogP) is 4.18. The largest absolute Gasteiger partial charge is 0.375 e. The minimum Gasteiger partial charge on any atom is -0.375 e. The molecule has 0 fully saturated rings. The average Bonchev–Trinajstić information content (AvgIpc) is 2.85. The first-order chi connectivity index (χ1) is 9.60. The van der Waals surface area contributed by atoms with Crippen molar-refractivity contribution in [3.05, 3.63) is 56.8 Å². The van der Waals surface area contributed by atoms with E-state index in [1.54, 1.807) is 12.1 Å². The number of hydrogen-bond acceptors (Lipinski definition) is 3. The second kappa shape index (κ2) is 6.56. The second-order valence-corrected chi connectivity index (χ2v) is 5.45.